The summed E-state index contributed by atoms with van der Waals surface area (Å²) in [6.07, 6.45) is 0.296. The highest BCUT2D eigenvalue weighted by Gasteiger charge is 2.28. The van der Waals surface area contributed by atoms with Crippen molar-refractivity contribution in [1.82, 2.24) is 9.88 Å². The van der Waals surface area contributed by atoms with Crippen molar-refractivity contribution in [1.29, 1.82) is 0 Å². The van der Waals surface area contributed by atoms with Crippen molar-refractivity contribution in [3.05, 3.63) is 10.6 Å². The van der Waals surface area contributed by atoms with Crippen LogP contribution in [-0.4, -0.2) is 54.2 Å². The van der Waals surface area contributed by atoms with Gasteiger partial charge in [0.15, 0.2) is 5.13 Å². The monoisotopic (exact) mass is 255 g/mol. The fourth-order valence-corrected chi connectivity index (χ4v) is 2.80. The van der Waals surface area contributed by atoms with Crippen molar-refractivity contribution < 1.29 is 9.90 Å². The quantitative estimate of drug-likeness (QED) is 0.846. The molecule has 1 amide bonds. The zero-order valence-electron chi connectivity index (χ0n) is 10.3. The Morgan fingerprint density at radius 3 is 2.76 bits per heavy atom. The summed E-state index contributed by atoms with van der Waals surface area (Å²) in [6, 6.07) is 0. The summed E-state index contributed by atoms with van der Waals surface area (Å²) in [5, 5.41) is 10.3. The summed E-state index contributed by atoms with van der Waals surface area (Å²) in [6.45, 7) is 2.92. The van der Waals surface area contributed by atoms with Crippen LogP contribution in [0.2, 0.25) is 0 Å². The molecule has 17 heavy (non-hydrogen) atoms. The third-order valence-corrected chi connectivity index (χ3v) is 4.13. The number of anilines is 1. The highest BCUT2D eigenvalue weighted by molar-refractivity contribution is 7.17. The van der Waals surface area contributed by atoms with Crippen LogP contribution in [0, 0.1) is 6.92 Å². The van der Waals surface area contributed by atoms with Crippen molar-refractivity contribution in [2.45, 2.75) is 19.4 Å². The Kier molecular flexibility index (Phi) is 3.35. The Hall–Kier alpha value is -1.14. The van der Waals surface area contributed by atoms with Gasteiger partial charge < -0.3 is 14.9 Å². The maximum absolute atomic E-state index is 12.2. The SMILES string of the molecule is Cc1nc(N(C)C)sc1C(=O)N1CC[C@H](O)C1. The first-order valence-electron chi connectivity index (χ1n) is 5.61. The van der Waals surface area contributed by atoms with Gasteiger partial charge in [-0.05, 0) is 13.3 Å². The van der Waals surface area contributed by atoms with Crippen molar-refractivity contribution in [3.8, 4) is 0 Å². The van der Waals surface area contributed by atoms with Gasteiger partial charge in [-0.2, -0.15) is 0 Å². The topological polar surface area (TPSA) is 56.7 Å². The molecule has 1 fully saturated rings. The number of hydrogen-bond acceptors (Lipinski definition) is 5. The third kappa shape index (κ3) is 2.42. The number of aryl methyl sites for hydroxylation is 1. The number of β-amino-alcohol motifs (C(OH)–C–C–N with tert-alkyl or cyclic N) is 1. The Morgan fingerprint density at radius 1 is 1.59 bits per heavy atom. The molecule has 2 rings (SSSR count). The molecule has 1 aliphatic rings. The van der Waals surface area contributed by atoms with Gasteiger partial charge in [-0.3, -0.25) is 4.79 Å². The normalized spacial score (nSPS) is 19.8. The molecule has 1 atom stereocenters. The van der Waals surface area contributed by atoms with E-state index < -0.39 is 0 Å². The first-order chi connectivity index (χ1) is 7.99. The average molecular weight is 255 g/mol. The first-order valence-corrected chi connectivity index (χ1v) is 6.42. The van der Waals surface area contributed by atoms with E-state index in [0.717, 1.165) is 10.8 Å². The first kappa shape index (κ1) is 12.3. The predicted octanol–water partition coefficient (Wildman–Crippen LogP) is 0.724. The van der Waals surface area contributed by atoms with Gasteiger partial charge in [-0.25, -0.2) is 4.98 Å². The fraction of sp³-hybridized carbons (Fsp3) is 0.636. The second kappa shape index (κ2) is 4.62. The summed E-state index contributed by atoms with van der Waals surface area (Å²) in [4.78, 5) is 20.9. The number of hydrogen-bond donors (Lipinski definition) is 1. The van der Waals surface area contributed by atoms with E-state index in [1.54, 1.807) is 4.90 Å². The van der Waals surface area contributed by atoms with E-state index in [1.165, 1.54) is 11.3 Å². The smallest absolute Gasteiger partial charge is 0.266 e. The van der Waals surface area contributed by atoms with Crippen molar-refractivity contribution in [2.75, 3.05) is 32.1 Å². The molecule has 2 heterocycles. The number of nitrogens with zero attached hydrogens (tertiary/aromatic N) is 3. The standard InChI is InChI=1S/C11H17N3O2S/c1-7-9(17-11(12-7)13(2)3)10(16)14-5-4-8(15)6-14/h8,15H,4-6H2,1-3H3/t8-/m0/s1. The van der Waals surface area contributed by atoms with E-state index >= 15 is 0 Å². The second-order valence-corrected chi connectivity index (χ2v) is 5.48. The Bertz CT molecular complexity index is 430. The number of amides is 1. The summed E-state index contributed by atoms with van der Waals surface area (Å²) in [7, 11) is 3.82. The van der Waals surface area contributed by atoms with Crippen LogP contribution >= 0.6 is 11.3 Å². The Labute approximate surface area is 105 Å². The number of likely N-dealkylation sites (tertiary alicyclic amines) is 1. The summed E-state index contributed by atoms with van der Waals surface area (Å²) in [5.41, 5.74) is 0.769. The lowest BCUT2D eigenvalue weighted by Crippen LogP contribution is -2.29. The molecule has 0 saturated carbocycles. The maximum Gasteiger partial charge on any atom is 0.266 e. The molecule has 0 radical (unpaired) electrons. The van der Waals surface area contributed by atoms with Crippen molar-refractivity contribution >= 4 is 22.4 Å². The predicted molar refractivity (Wildman–Crippen MR) is 67.7 cm³/mol. The van der Waals surface area contributed by atoms with Gasteiger partial charge in [0.2, 0.25) is 0 Å². The lowest BCUT2D eigenvalue weighted by Gasteiger charge is -2.14. The summed E-state index contributed by atoms with van der Waals surface area (Å²) >= 11 is 1.41. The number of rotatable bonds is 2. The molecule has 0 aromatic carbocycles. The Balaban J connectivity index is 2.19. The second-order valence-electron chi connectivity index (χ2n) is 4.50. The van der Waals surface area contributed by atoms with Crippen LogP contribution in [0.25, 0.3) is 0 Å². The van der Waals surface area contributed by atoms with E-state index in [4.69, 9.17) is 0 Å². The molecular formula is C11H17N3O2S. The van der Waals surface area contributed by atoms with Crippen molar-refractivity contribution in [3.63, 3.8) is 0 Å². The molecule has 6 heteroatoms. The van der Waals surface area contributed by atoms with Crippen LogP contribution in [0.4, 0.5) is 5.13 Å². The van der Waals surface area contributed by atoms with E-state index in [-0.39, 0.29) is 12.0 Å². The van der Waals surface area contributed by atoms with E-state index in [2.05, 4.69) is 4.98 Å². The number of aliphatic hydroxyl groups excluding tert-OH is 1. The summed E-state index contributed by atoms with van der Waals surface area (Å²) in [5.74, 6) is -0.00958. The fourth-order valence-electron chi connectivity index (χ4n) is 1.84. The lowest BCUT2D eigenvalue weighted by atomic mass is 10.3. The molecule has 0 unspecified atom stereocenters. The highest BCUT2D eigenvalue weighted by atomic mass is 32.1. The van der Waals surface area contributed by atoms with E-state index in [0.29, 0.717) is 24.4 Å². The van der Waals surface area contributed by atoms with Gasteiger partial charge in [0, 0.05) is 27.2 Å². The highest BCUT2D eigenvalue weighted by Crippen LogP contribution is 2.26. The minimum absolute atomic E-state index is 0.00958. The molecule has 0 aliphatic carbocycles. The molecule has 94 valence electrons. The number of carbonyl (C=O) groups is 1. The van der Waals surface area contributed by atoms with Crippen LogP contribution in [0.15, 0.2) is 0 Å². The van der Waals surface area contributed by atoms with Crippen LogP contribution in [0.1, 0.15) is 21.8 Å². The van der Waals surface area contributed by atoms with Gasteiger partial charge in [0.1, 0.15) is 4.88 Å². The third-order valence-electron chi connectivity index (χ3n) is 2.81. The molecular weight excluding hydrogens is 238 g/mol. The van der Waals surface area contributed by atoms with E-state index in [9.17, 15) is 9.90 Å². The average Bonchev–Trinajstić information content (AvgIpc) is 2.84. The van der Waals surface area contributed by atoms with Gasteiger partial charge >= 0.3 is 0 Å². The van der Waals surface area contributed by atoms with Crippen molar-refractivity contribution in [2.24, 2.45) is 0 Å². The van der Waals surface area contributed by atoms with Crippen LogP contribution in [-0.2, 0) is 0 Å². The molecule has 1 aromatic heterocycles. The molecule has 0 spiro atoms. The minimum atomic E-state index is -0.375. The minimum Gasteiger partial charge on any atom is -0.391 e. The van der Waals surface area contributed by atoms with Crippen LogP contribution < -0.4 is 4.90 Å². The van der Waals surface area contributed by atoms with Gasteiger partial charge in [-0.15, -0.1) is 0 Å². The number of thiazole rings is 1. The van der Waals surface area contributed by atoms with E-state index in [1.807, 2.05) is 25.9 Å². The largest absolute Gasteiger partial charge is 0.391 e. The van der Waals surface area contributed by atoms with Crippen LogP contribution in [0.3, 0.4) is 0 Å². The maximum atomic E-state index is 12.2. The van der Waals surface area contributed by atoms with Crippen LogP contribution in [0.5, 0.6) is 0 Å². The number of aromatic nitrogens is 1. The zero-order valence-corrected chi connectivity index (χ0v) is 11.1. The Morgan fingerprint density at radius 2 is 2.29 bits per heavy atom. The molecule has 5 nitrogen and oxygen atoms in total. The molecule has 1 N–H and O–H groups in total. The van der Waals surface area contributed by atoms with Gasteiger partial charge in [0.25, 0.3) is 5.91 Å². The lowest BCUT2D eigenvalue weighted by molar-refractivity contribution is 0.0769. The summed E-state index contributed by atoms with van der Waals surface area (Å²) < 4.78 is 0. The molecule has 1 aliphatic heterocycles. The molecule has 1 saturated heterocycles. The zero-order chi connectivity index (χ0) is 12.6. The molecule has 0 bridgehead atoms. The van der Waals surface area contributed by atoms with Gasteiger partial charge in [-0.1, -0.05) is 11.3 Å². The van der Waals surface area contributed by atoms with Gasteiger partial charge in [0.05, 0.1) is 11.8 Å². The number of carbonyl (C=O) groups excluding carboxylic acids is 1. The molecule has 1 aromatic rings. The number of aliphatic hydroxyl groups is 1.